The van der Waals surface area contributed by atoms with Crippen LogP contribution in [0.25, 0.3) is 0 Å². The molecule has 0 radical (unpaired) electrons. The van der Waals surface area contributed by atoms with Gasteiger partial charge in [-0.2, -0.15) is 0 Å². The van der Waals surface area contributed by atoms with E-state index in [1.54, 1.807) is 6.33 Å². The molecule has 1 aromatic rings. The van der Waals surface area contributed by atoms with E-state index in [0.717, 1.165) is 37.7 Å². The monoisotopic (exact) mass is 326 g/mol. The Balaban J connectivity index is 2.43. The molecule has 132 valence electrons. The average Bonchev–Trinajstić information content (AvgIpc) is 3.01. The van der Waals surface area contributed by atoms with E-state index in [0.29, 0.717) is 25.8 Å². The topological polar surface area (TPSA) is 96.6 Å². The molecule has 0 saturated heterocycles. The molecule has 3 N–H and O–H groups in total. The van der Waals surface area contributed by atoms with Gasteiger partial charge < -0.3 is 25.0 Å². The second kappa shape index (κ2) is 11.8. The van der Waals surface area contributed by atoms with Gasteiger partial charge in [0.1, 0.15) is 12.2 Å². The first-order valence-corrected chi connectivity index (χ1v) is 8.31. The Kier molecular flexibility index (Phi) is 9.97. The molecular weight excluding hydrogens is 296 g/mol. The Morgan fingerprint density at radius 1 is 1.43 bits per heavy atom. The number of guanidine groups is 1. The molecule has 0 aliphatic heterocycles. The van der Waals surface area contributed by atoms with E-state index < -0.39 is 0 Å². The van der Waals surface area contributed by atoms with E-state index in [1.807, 2.05) is 4.57 Å². The van der Waals surface area contributed by atoms with Gasteiger partial charge >= 0.3 is 0 Å². The first kappa shape index (κ1) is 19.4. The van der Waals surface area contributed by atoms with Gasteiger partial charge in [0.05, 0.1) is 26.4 Å². The van der Waals surface area contributed by atoms with Crippen LogP contribution in [0.4, 0.5) is 0 Å². The van der Waals surface area contributed by atoms with Crippen molar-refractivity contribution in [1.29, 1.82) is 0 Å². The van der Waals surface area contributed by atoms with Crippen LogP contribution in [-0.4, -0.2) is 64.8 Å². The summed E-state index contributed by atoms with van der Waals surface area (Å²) in [4.78, 5) is 4.49. The Morgan fingerprint density at radius 2 is 2.26 bits per heavy atom. The summed E-state index contributed by atoms with van der Waals surface area (Å²) >= 11 is 0. The van der Waals surface area contributed by atoms with Gasteiger partial charge in [-0.3, -0.25) is 4.99 Å². The molecule has 0 aliphatic carbocycles. The molecule has 1 atom stereocenters. The highest BCUT2D eigenvalue weighted by Crippen LogP contribution is 1.95. The van der Waals surface area contributed by atoms with E-state index in [-0.39, 0.29) is 6.61 Å². The number of ether oxygens (including phenoxy) is 1. The van der Waals surface area contributed by atoms with Crippen LogP contribution in [0.1, 0.15) is 33.0 Å². The zero-order valence-corrected chi connectivity index (χ0v) is 14.5. The first-order chi connectivity index (χ1) is 11.2. The van der Waals surface area contributed by atoms with Gasteiger partial charge in [-0.1, -0.05) is 13.8 Å². The standard InChI is InChI=1S/C15H30N6O2/c1-4-13(3)19-15(17-7-10-23-11-9-22)16-6-8-21-12-18-20-14(21)5-2/h12-13,22H,4-11H2,1-3H3,(H2,16,17,19). The van der Waals surface area contributed by atoms with Crippen molar-refractivity contribution in [1.82, 2.24) is 25.4 Å². The molecule has 1 rings (SSSR count). The number of nitrogens with one attached hydrogen (secondary N) is 2. The summed E-state index contributed by atoms with van der Waals surface area (Å²) in [7, 11) is 0. The molecule has 0 saturated carbocycles. The summed E-state index contributed by atoms with van der Waals surface area (Å²) < 4.78 is 7.26. The summed E-state index contributed by atoms with van der Waals surface area (Å²) in [6.45, 7) is 9.29. The highest BCUT2D eigenvalue weighted by molar-refractivity contribution is 5.80. The zero-order valence-electron chi connectivity index (χ0n) is 14.5. The van der Waals surface area contributed by atoms with Crippen LogP contribution in [-0.2, 0) is 17.7 Å². The molecule has 0 fully saturated rings. The zero-order chi connectivity index (χ0) is 16.9. The van der Waals surface area contributed by atoms with Crippen molar-refractivity contribution in [2.24, 2.45) is 4.99 Å². The molecule has 0 bridgehead atoms. The van der Waals surface area contributed by atoms with Gasteiger partial charge in [-0.05, 0) is 13.3 Å². The lowest BCUT2D eigenvalue weighted by molar-refractivity contribution is 0.0977. The first-order valence-electron chi connectivity index (χ1n) is 8.31. The molecule has 8 nitrogen and oxygen atoms in total. The number of aliphatic imine (C=N–C) groups is 1. The van der Waals surface area contributed by atoms with Crippen molar-refractivity contribution in [2.45, 2.75) is 46.2 Å². The van der Waals surface area contributed by atoms with E-state index in [2.05, 4.69) is 46.6 Å². The Labute approximate surface area is 138 Å². The lowest BCUT2D eigenvalue weighted by Crippen LogP contribution is -2.43. The number of hydrogen-bond acceptors (Lipinski definition) is 5. The van der Waals surface area contributed by atoms with Crippen molar-refractivity contribution in [3.05, 3.63) is 12.2 Å². The lowest BCUT2D eigenvalue weighted by Gasteiger charge is -2.17. The highest BCUT2D eigenvalue weighted by atomic mass is 16.5. The molecule has 0 aromatic carbocycles. The van der Waals surface area contributed by atoms with Crippen molar-refractivity contribution in [3.8, 4) is 0 Å². The van der Waals surface area contributed by atoms with Crippen molar-refractivity contribution in [2.75, 3.05) is 32.9 Å². The Morgan fingerprint density at radius 3 is 2.96 bits per heavy atom. The van der Waals surface area contributed by atoms with E-state index in [4.69, 9.17) is 9.84 Å². The predicted molar refractivity (Wildman–Crippen MR) is 90.5 cm³/mol. The average molecular weight is 326 g/mol. The summed E-state index contributed by atoms with van der Waals surface area (Å²) in [5.74, 6) is 1.76. The second-order valence-electron chi connectivity index (χ2n) is 5.24. The van der Waals surface area contributed by atoms with Crippen molar-refractivity contribution >= 4 is 5.96 Å². The normalized spacial score (nSPS) is 13.1. The third-order valence-corrected chi connectivity index (χ3v) is 3.39. The summed E-state index contributed by atoms with van der Waals surface area (Å²) in [6.07, 6.45) is 3.64. The van der Waals surface area contributed by atoms with E-state index >= 15 is 0 Å². The number of rotatable bonds is 11. The minimum absolute atomic E-state index is 0.0403. The van der Waals surface area contributed by atoms with Crippen LogP contribution < -0.4 is 10.6 Å². The third-order valence-electron chi connectivity index (χ3n) is 3.39. The molecule has 0 amide bonds. The maximum absolute atomic E-state index is 8.68. The number of aliphatic hydroxyl groups excluding tert-OH is 1. The van der Waals surface area contributed by atoms with Gasteiger partial charge in [0.25, 0.3) is 0 Å². The van der Waals surface area contributed by atoms with Gasteiger partial charge in [0.2, 0.25) is 0 Å². The molecule has 1 heterocycles. The highest BCUT2D eigenvalue weighted by Gasteiger charge is 2.05. The fourth-order valence-electron chi connectivity index (χ4n) is 1.91. The minimum Gasteiger partial charge on any atom is -0.394 e. The molecule has 8 heteroatoms. The smallest absolute Gasteiger partial charge is 0.191 e. The van der Waals surface area contributed by atoms with Crippen LogP contribution in [0.2, 0.25) is 0 Å². The third kappa shape index (κ3) is 7.94. The minimum atomic E-state index is 0.0403. The number of aliphatic hydroxyl groups is 1. The van der Waals surface area contributed by atoms with Gasteiger partial charge in [-0.15, -0.1) is 10.2 Å². The van der Waals surface area contributed by atoms with Crippen LogP contribution >= 0.6 is 0 Å². The SMILES string of the molecule is CCc1nncn1CCNC(=NCCOCCO)NC(C)CC. The van der Waals surface area contributed by atoms with Crippen molar-refractivity contribution in [3.63, 3.8) is 0 Å². The van der Waals surface area contributed by atoms with Gasteiger partial charge in [0.15, 0.2) is 5.96 Å². The Bertz CT molecular complexity index is 449. The fraction of sp³-hybridized carbons (Fsp3) is 0.800. The van der Waals surface area contributed by atoms with Crippen LogP contribution in [0.3, 0.4) is 0 Å². The quantitative estimate of drug-likeness (QED) is 0.305. The number of hydrogen-bond donors (Lipinski definition) is 3. The maximum atomic E-state index is 8.68. The largest absolute Gasteiger partial charge is 0.394 e. The van der Waals surface area contributed by atoms with Gasteiger partial charge in [0, 0.05) is 25.6 Å². The molecular formula is C15H30N6O2. The van der Waals surface area contributed by atoms with Gasteiger partial charge in [-0.25, -0.2) is 0 Å². The number of aryl methyl sites for hydroxylation is 1. The number of nitrogens with zero attached hydrogens (tertiary/aromatic N) is 4. The maximum Gasteiger partial charge on any atom is 0.191 e. The molecule has 1 aromatic heterocycles. The summed E-state index contributed by atoms with van der Waals surface area (Å²) in [6, 6.07) is 0.348. The summed E-state index contributed by atoms with van der Waals surface area (Å²) in [5, 5.41) is 23.4. The summed E-state index contributed by atoms with van der Waals surface area (Å²) in [5.41, 5.74) is 0. The Hall–Kier alpha value is -1.67. The second-order valence-corrected chi connectivity index (χ2v) is 5.24. The molecule has 0 aliphatic rings. The van der Waals surface area contributed by atoms with Crippen LogP contribution in [0.5, 0.6) is 0 Å². The predicted octanol–water partition coefficient (Wildman–Crippen LogP) is 0.183. The van der Waals surface area contributed by atoms with Crippen LogP contribution in [0.15, 0.2) is 11.3 Å². The van der Waals surface area contributed by atoms with Crippen molar-refractivity contribution < 1.29 is 9.84 Å². The van der Waals surface area contributed by atoms with Crippen LogP contribution in [0, 0.1) is 0 Å². The lowest BCUT2D eigenvalue weighted by atomic mass is 10.3. The molecule has 23 heavy (non-hydrogen) atoms. The molecule has 1 unspecified atom stereocenters. The molecule has 0 spiro atoms. The van der Waals surface area contributed by atoms with E-state index in [9.17, 15) is 0 Å². The fourth-order valence-corrected chi connectivity index (χ4v) is 1.91. The number of aromatic nitrogens is 3. The van der Waals surface area contributed by atoms with E-state index in [1.165, 1.54) is 0 Å².